The van der Waals surface area contributed by atoms with E-state index in [-0.39, 0.29) is 17.6 Å². The minimum atomic E-state index is -0.311. The largest absolute Gasteiger partial charge is 0.459 e. The summed E-state index contributed by atoms with van der Waals surface area (Å²) in [5.41, 5.74) is 2.10. The lowest BCUT2D eigenvalue weighted by Gasteiger charge is -2.27. The van der Waals surface area contributed by atoms with Gasteiger partial charge in [-0.3, -0.25) is 9.59 Å². The summed E-state index contributed by atoms with van der Waals surface area (Å²) in [6.45, 7) is 2.82. The zero-order chi connectivity index (χ0) is 18.1. The fourth-order valence-corrected chi connectivity index (χ4v) is 3.15. The SMILES string of the molecule is Cc1c(C(=O)N2CCCN2C(=O)c2ccco2)cnn1-c1ccccc1. The first-order valence-corrected chi connectivity index (χ1v) is 8.44. The Bertz CT molecular complexity index is 931. The number of aromatic nitrogens is 2. The van der Waals surface area contributed by atoms with Gasteiger partial charge in [-0.2, -0.15) is 5.10 Å². The number of carbonyl (C=O) groups excluding carboxylic acids is 2. The number of hydrogen-bond acceptors (Lipinski definition) is 4. The summed E-state index contributed by atoms with van der Waals surface area (Å²) in [6, 6.07) is 12.9. The molecule has 0 unspecified atom stereocenters. The minimum Gasteiger partial charge on any atom is -0.459 e. The third-order valence-electron chi connectivity index (χ3n) is 4.47. The molecule has 2 aromatic heterocycles. The Morgan fingerprint density at radius 1 is 1.00 bits per heavy atom. The van der Waals surface area contributed by atoms with Gasteiger partial charge in [-0.05, 0) is 37.6 Å². The summed E-state index contributed by atoms with van der Waals surface area (Å²) in [5.74, 6) is -0.322. The molecule has 1 aliphatic rings. The Labute approximate surface area is 150 Å². The van der Waals surface area contributed by atoms with Crippen LogP contribution in [-0.4, -0.2) is 44.7 Å². The number of para-hydroxylation sites is 1. The van der Waals surface area contributed by atoms with Gasteiger partial charge in [0.25, 0.3) is 5.91 Å². The van der Waals surface area contributed by atoms with E-state index in [0.717, 1.165) is 17.8 Å². The summed E-state index contributed by atoms with van der Waals surface area (Å²) < 4.78 is 6.91. The van der Waals surface area contributed by atoms with Crippen molar-refractivity contribution in [3.8, 4) is 5.69 Å². The summed E-state index contributed by atoms with van der Waals surface area (Å²) in [6.07, 6.45) is 3.73. The fourth-order valence-electron chi connectivity index (χ4n) is 3.15. The lowest BCUT2D eigenvalue weighted by Crippen LogP contribution is -2.44. The van der Waals surface area contributed by atoms with E-state index in [1.807, 2.05) is 37.3 Å². The van der Waals surface area contributed by atoms with Gasteiger partial charge in [0.1, 0.15) is 0 Å². The fraction of sp³-hybridized carbons (Fsp3) is 0.211. The molecular weight excluding hydrogens is 332 g/mol. The van der Waals surface area contributed by atoms with Crippen LogP contribution >= 0.6 is 0 Å². The lowest BCUT2D eigenvalue weighted by molar-refractivity contribution is 0.0166. The minimum absolute atomic E-state index is 0.224. The smallest absolute Gasteiger partial charge is 0.308 e. The zero-order valence-electron chi connectivity index (χ0n) is 14.3. The van der Waals surface area contributed by atoms with Crippen LogP contribution in [0.2, 0.25) is 0 Å². The molecule has 0 atom stereocenters. The highest BCUT2D eigenvalue weighted by molar-refractivity contribution is 5.99. The molecule has 132 valence electrons. The first kappa shape index (κ1) is 16.1. The average Bonchev–Trinajstić information content (AvgIpc) is 3.42. The predicted molar refractivity (Wildman–Crippen MR) is 93.7 cm³/mol. The standard InChI is InChI=1S/C19H18N4O3/c1-14-16(13-20-23(14)15-7-3-2-4-8-15)18(24)21-10-6-11-22(21)19(25)17-9-5-12-26-17/h2-5,7-9,12-13H,6,10-11H2,1H3. The van der Waals surface area contributed by atoms with Gasteiger partial charge >= 0.3 is 5.91 Å². The molecular formula is C19H18N4O3. The van der Waals surface area contributed by atoms with Crippen molar-refractivity contribution in [3.63, 3.8) is 0 Å². The quantitative estimate of drug-likeness (QED) is 0.728. The van der Waals surface area contributed by atoms with E-state index in [9.17, 15) is 9.59 Å². The van der Waals surface area contributed by atoms with Crippen LogP contribution in [-0.2, 0) is 0 Å². The second kappa shape index (κ2) is 6.51. The maximum Gasteiger partial charge on any atom is 0.308 e. The Morgan fingerprint density at radius 3 is 2.42 bits per heavy atom. The number of amides is 2. The molecule has 3 heterocycles. The molecule has 26 heavy (non-hydrogen) atoms. The molecule has 1 aliphatic heterocycles. The average molecular weight is 350 g/mol. The van der Waals surface area contributed by atoms with Crippen molar-refractivity contribution in [1.29, 1.82) is 0 Å². The van der Waals surface area contributed by atoms with E-state index in [1.165, 1.54) is 16.3 Å². The second-order valence-corrected chi connectivity index (χ2v) is 6.08. The van der Waals surface area contributed by atoms with Gasteiger partial charge in [0.2, 0.25) is 0 Å². The zero-order valence-corrected chi connectivity index (χ0v) is 14.3. The Balaban J connectivity index is 1.61. The molecule has 0 radical (unpaired) electrons. The van der Waals surface area contributed by atoms with Crippen LogP contribution in [0.4, 0.5) is 0 Å². The van der Waals surface area contributed by atoms with Crippen LogP contribution in [0.15, 0.2) is 59.3 Å². The lowest BCUT2D eigenvalue weighted by atomic mass is 10.2. The Kier molecular flexibility index (Phi) is 4.04. The van der Waals surface area contributed by atoms with Gasteiger partial charge in [0.05, 0.1) is 29.4 Å². The molecule has 1 saturated heterocycles. The number of hydrazine groups is 1. The van der Waals surface area contributed by atoms with Crippen LogP contribution in [0.3, 0.4) is 0 Å². The van der Waals surface area contributed by atoms with Crippen LogP contribution in [0, 0.1) is 6.92 Å². The van der Waals surface area contributed by atoms with Crippen LogP contribution in [0.5, 0.6) is 0 Å². The van der Waals surface area contributed by atoms with Crippen molar-refractivity contribution < 1.29 is 14.0 Å². The molecule has 2 amide bonds. The number of furan rings is 1. The van der Waals surface area contributed by atoms with Gasteiger partial charge in [-0.25, -0.2) is 14.7 Å². The van der Waals surface area contributed by atoms with Gasteiger partial charge < -0.3 is 4.42 Å². The normalized spacial score (nSPS) is 14.0. The number of nitrogens with zero attached hydrogens (tertiary/aromatic N) is 4. The summed E-state index contributed by atoms with van der Waals surface area (Å²) in [7, 11) is 0. The Morgan fingerprint density at radius 2 is 1.73 bits per heavy atom. The van der Waals surface area contributed by atoms with Gasteiger partial charge in [-0.1, -0.05) is 18.2 Å². The number of carbonyl (C=O) groups is 2. The van der Waals surface area contributed by atoms with Crippen LogP contribution in [0.1, 0.15) is 33.0 Å². The molecule has 0 spiro atoms. The third kappa shape index (κ3) is 2.67. The molecule has 4 rings (SSSR count). The number of rotatable bonds is 3. The van der Waals surface area contributed by atoms with E-state index in [4.69, 9.17) is 4.42 Å². The van der Waals surface area contributed by atoms with Crippen LogP contribution < -0.4 is 0 Å². The van der Waals surface area contributed by atoms with E-state index in [1.54, 1.807) is 23.0 Å². The number of benzene rings is 1. The number of hydrogen-bond donors (Lipinski definition) is 0. The molecule has 0 N–H and O–H groups in total. The third-order valence-corrected chi connectivity index (χ3v) is 4.47. The van der Waals surface area contributed by atoms with Crippen molar-refractivity contribution in [2.45, 2.75) is 13.3 Å². The van der Waals surface area contributed by atoms with Crippen LogP contribution in [0.25, 0.3) is 5.69 Å². The highest BCUT2D eigenvalue weighted by atomic mass is 16.3. The van der Waals surface area contributed by atoms with Crippen molar-refractivity contribution >= 4 is 11.8 Å². The van der Waals surface area contributed by atoms with E-state index >= 15 is 0 Å². The van der Waals surface area contributed by atoms with E-state index in [2.05, 4.69) is 5.10 Å². The summed E-state index contributed by atoms with van der Waals surface area (Å²) in [5, 5.41) is 7.27. The van der Waals surface area contributed by atoms with Gasteiger partial charge in [0, 0.05) is 13.1 Å². The summed E-state index contributed by atoms with van der Waals surface area (Å²) >= 11 is 0. The highest BCUT2D eigenvalue weighted by Gasteiger charge is 2.34. The molecule has 1 fully saturated rings. The van der Waals surface area contributed by atoms with Crippen molar-refractivity contribution in [3.05, 3.63) is 71.9 Å². The highest BCUT2D eigenvalue weighted by Crippen LogP contribution is 2.21. The molecule has 3 aromatic rings. The van der Waals surface area contributed by atoms with E-state index in [0.29, 0.717) is 18.7 Å². The second-order valence-electron chi connectivity index (χ2n) is 6.08. The molecule has 0 bridgehead atoms. The molecule has 0 aliphatic carbocycles. The van der Waals surface area contributed by atoms with E-state index < -0.39 is 0 Å². The van der Waals surface area contributed by atoms with Gasteiger partial charge in [-0.15, -0.1) is 0 Å². The molecule has 0 saturated carbocycles. The maximum atomic E-state index is 13.0. The first-order valence-electron chi connectivity index (χ1n) is 8.44. The van der Waals surface area contributed by atoms with Crippen molar-refractivity contribution in [1.82, 2.24) is 19.8 Å². The first-order chi connectivity index (χ1) is 12.7. The molecule has 1 aromatic carbocycles. The topological polar surface area (TPSA) is 71.6 Å². The van der Waals surface area contributed by atoms with Gasteiger partial charge in [0.15, 0.2) is 5.76 Å². The summed E-state index contributed by atoms with van der Waals surface area (Å²) in [4.78, 5) is 25.6. The monoisotopic (exact) mass is 350 g/mol. The molecule has 7 nitrogen and oxygen atoms in total. The predicted octanol–water partition coefficient (Wildman–Crippen LogP) is 2.68. The van der Waals surface area contributed by atoms with Crippen molar-refractivity contribution in [2.75, 3.05) is 13.1 Å². The molecule has 7 heteroatoms. The Hall–Kier alpha value is -3.35. The maximum absolute atomic E-state index is 13.0. The van der Waals surface area contributed by atoms with Crippen molar-refractivity contribution in [2.24, 2.45) is 0 Å².